The maximum atomic E-state index is 12.9. The Morgan fingerprint density at radius 2 is 2.14 bits per heavy atom. The van der Waals surface area contributed by atoms with Crippen LogP contribution in [-0.4, -0.2) is 18.6 Å². The normalized spacial score (nSPS) is 19.3. The quantitative estimate of drug-likeness (QED) is 0.843. The van der Waals surface area contributed by atoms with E-state index in [1.165, 1.54) is 6.07 Å². The van der Waals surface area contributed by atoms with Crippen LogP contribution in [0.15, 0.2) is 18.2 Å². The highest BCUT2D eigenvalue weighted by molar-refractivity contribution is 5.92. The maximum Gasteiger partial charge on any atom is 0.418 e. The van der Waals surface area contributed by atoms with Crippen LogP contribution in [0.5, 0.6) is 0 Å². The van der Waals surface area contributed by atoms with E-state index in [9.17, 15) is 18.0 Å². The van der Waals surface area contributed by atoms with Gasteiger partial charge in [-0.05, 0) is 37.5 Å². The number of ether oxygens (including phenoxy) is 1. The number of amides is 1. The van der Waals surface area contributed by atoms with Crippen molar-refractivity contribution in [3.8, 4) is 0 Å². The van der Waals surface area contributed by atoms with Crippen molar-refractivity contribution < 1.29 is 22.7 Å². The first-order valence-electron chi connectivity index (χ1n) is 6.74. The SMILES string of the molecule is Nc1ccc(NC(=O)CC2CCCCO2)c(C(F)(F)F)c1. The van der Waals surface area contributed by atoms with E-state index < -0.39 is 17.6 Å². The summed E-state index contributed by atoms with van der Waals surface area (Å²) in [5, 5.41) is 2.30. The zero-order valence-corrected chi connectivity index (χ0v) is 11.4. The predicted octanol–water partition coefficient (Wildman–Crippen LogP) is 3.19. The lowest BCUT2D eigenvalue weighted by Gasteiger charge is -2.22. The van der Waals surface area contributed by atoms with Crippen LogP contribution >= 0.6 is 0 Å². The van der Waals surface area contributed by atoms with Crippen LogP contribution < -0.4 is 11.1 Å². The third-order valence-electron chi connectivity index (χ3n) is 3.31. The van der Waals surface area contributed by atoms with E-state index >= 15 is 0 Å². The van der Waals surface area contributed by atoms with Gasteiger partial charge in [-0.25, -0.2) is 0 Å². The van der Waals surface area contributed by atoms with Crippen molar-refractivity contribution in [2.75, 3.05) is 17.7 Å². The Morgan fingerprint density at radius 3 is 2.76 bits per heavy atom. The molecule has 1 heterocycles. The number of hydrogen-bond acceptors (Lipinski definition) is 3. The van der Waals surface area contributed by atoms with Crippen molar-refractivity contribution in [3.05, 3.63) is 23.8 Å². The van der Waals surface area contributed by atoms with Gasteiger partial charge in [0.2, 0.25) is 5.91 Å². The number of alkyl halides is 3. The van der Waals surface area contributed by atoms with E-state index in [0.717, 1.165) is 31.4 Å². The number of halogens is 3. The second-order valence-electron chi connectivity index (χ2n) is 5.04. The van der Waals surface area contributed by atoms with Crippen LogP contribution in [0.3, 0.4) is 0 Å². The second kappa shape index (κ2) is 6.34. The Balaban J connectivity index is 2.06. The van der Waals surface area contributed by atoms with Crippen molar-refractivity contribution in [1.82, 2.24) is 0 Å². The molecule has 0 saturated carbocycles. The topological polar surface area (TPSA) is 64.3 Å². The minimum absolute atomic E-state index is 0.00376. The molecule has 1 aliphatic rings. The molecule has 1 aromatic carbocycles. The molecule has 1 aromatic rings. The highest BCUT2D eigenvalue weighted by Crippen LogP contribution is 2.36. The molecule has 1 unspecified atom stereocenters. The number of benzene rings is 1. The molecular weight excluding hydrogens is 285 g/mol. The molecular formula is C14H17F3N2O2. The number of carbonyl (C=O) groups is 1. The number of nitrogen functional groups attached to an aromatic ring is 1. The molecule has 7 heteroatoms. The van der Waals surface area contributed by atoms with Crippen molar-refractivity contribution in [1.29, 1.82) is 0 Å². The van der Waals surface area contributed by atoms with E-state index in [1.54, 1.807) is 0 Å². The summed E-state index contributed by atoms with van der Waals surface area (Å²) in [7, 11) is 0. The molecule has 1 atom stereocenters. The van der Waals surface area contributed by atoms with Gasteiger partial charge in [-0.1, -0.05) is 0 Å². The number of rotatable bonds is 3. The number of nitrogens with one attached hydrogen (secondary N) is 1. The Labute approximate surface area is 120 Å². The van der Waals surface area contributed by atoms with Crippen molar-refractivity contribution in [2.24, 2.45) is 0 Å². The predicted molar refractivity (Wildman–Crippen MR) is 72.7 cm³/mol. The summed E-state index contributed by atoms with van der Waals surface area (Å²) in [4.78, 5) is 11.9. The van der Waals surface area contributed by atoms with Crippen LogP contribution in [0.4, 0.5) is 24.5 Å². The Morgan fingerprint density at radius 1 is 1.38 bits per heavy atom. The molecule has 0 bridgehead atoms. The molecule has 0 radical (unpaired) electrons. The van der Waals surface area contributed by atoms with E-state index in [4.69, 9.17) is 10.5 Å². The average Bonchev–Trinajstić information content (AvgIpc) is 2.40. The van der Waals surface area contributed by atoms with E-state index in [-0.39, 0.29) is 23.9 Å². The molecule has 1 amide bonds. The van der Waals surface area contributed by atoms with Gasteiger partial charge in [0.25, 0.3) is 0 Å². The first kappa shape index (κ1) is 15.6. The van der Waals surface area contributed by atoms with Gasteiger partial charge in [-0.2, -0.15) is 13.2 Å². The Bertz CT molecular complexity index is 511. The molecule has 116 valence electrons. The minimum atomic E-state index is -4.57. The molecule has 2 rings (SSSR count). The van der Waals surface area contributed by atoms with Gasteiger partial charge in [-0.15, -0.1) is 0 Å². The van der Waals surface area contributed by atoms with Gasteiger partial charge in [0.15, 0.2) is 0 Å². The number of hydrogen-bond donors (Lipinski definition) is 2. The van der Waals surface area contributed by atoms with Gasteiger partial charge in [0.1, 0.15) is 0 Å². The summed E-state index contributed by atoms with van der Waals surface area (Å²) in [6, 6.07) is 3.30. The largest absolute Gasteiger partial charge is 0.418 e. The molecule has 4 nitrogen and oxygen atoms in total. The molecule has 21 heavy (non-hydrogen) atoms. The van der Waals surface area contributed by atoms with Gasteiger partial charge in [0, 0.05) is 12.3 Å². The Hall–Kier alpha value is -1.76. The third-order valence-corrected chi connectivity index (χ3v) is 3.31. The monoisotopic (exact) mass is 302 g/mol. The highest BCUT2D eigenvalue weighted by atomic mass is 19.4. The molecule has 1 saturated heterocycles. The van der Waals surface area contributed by atoms with Crippen LogP contribution in [-0.2, 0) is 15.7 Å². The van der Waals surface area contributed by atoms with Crippen LogP contribution in [0.25, 0.3) is 0 Å². The zero-order valence-electron chi connectivity index (χ0n) is 11.4. The fourth-order valence-electron chi connectivity index (χ4n) is 2.28. The van der Waals surface area contributed by atoms with Crippen LogP contribution in [0.1, 0.15) is 31.2 Å². The average molecular weight is 302 g/mol. The van der Waals surface area contributed by atoms with Gasteiger partial charge in [0.05, 0.1) is 23.8 Å². The smallest absolute Gasteiger partial charge is 0.399 e. The van der Waals surface area contributed by atoms with Crippen LogP contribution in [0.2, 0.25) is 0 Å². The number of nitrogens with two attached hydrogens (primary N) is 1. The minimum Gasteiger partial charge on any atom is -0.399 e. The fourth-order valence-corrected chi connectivity index (χ4v) is 2.28. The molecule has 1 aliphatic heterocycles. The number of carbonyl (C=O) groups excluding carboxylic acids is 1. The summed E-state index contributed by atoms with van der Waals surface area (Å²) in [6.45, 7) is 0.591. The first-order chi connectivity index (χ1) is 9.86. The van der Waals surface area contributed by atoms with Gasteiger partial charge in [-0.3, -0.25) is 4.79 Å². The second-order valence-corrected chi connectivity index (χ2v) is 5.04. The first-order valence-corrected chi connectivity index (χ1v) is 6.74. The maximum absolute atomic E-state index is 12.9. The fraction of sp³-hybridized carbons (Fsp3) is 0.500. The summed E-state index contributed by atoms with van der Waals surface area (Å²) in [5.41, 5.74) is 4.14. The standard InChI is InChI=1S/C14H17F3N2O2/c15-14(16,17)11-7-9(18)4-5-12(11)19-13(20)8-10-3-1-2-6-21-10/h4-5,7,10H,1-3,6,8,18H2,(H,19,20). The Kier molecular flexibility index (Phi) is 4.72. The van der Waals surface area contributed by atoms with E-state index in [1.807, 2.05) is 0 Å². The summed E-state index contributed by atoms with van der Waals surface area (Å²) >= 11 is 0. The molecule has 0 spiro atoms. The van der Waals surface area contributed by atoms with E-state index in [2.05, 4.69) is 5.32 Å². The highest BCUT2D eigenvalue weighted by Gasteiger charge is 2.34. The molecule has 3 N–H and O–H groups in total. The van der Waals surface area contributed by atoms with Crippen molar-refractivity contribution in [2.45, 2.75) is 38.0 Å². The molecule has 1 fully saturated rings. The summed E-state index contributed by atoms with van der Waals surface area (Å²) in [6.07, 6.45) is -2.06. The lowest BCUT2D eigenvalue weighted by Crippen LogP contribution is -2.26. The lowest BCUT2D eigenvalue weighted by atomic mass is 10.1. The summed E-state index contributed by atoms with van der Waals surface area (Å²) < 4.78 is 44.1. The molecule has 0 aromatic heterocycles. The van der Waals surface area contributed by atoms with Crippen LogP contribution in [0, 0.1) is 0 Å². The van der Waals surface area contributed by atoms with Gasteiger partial charge < -0.3 is 15.8 Å². The summed E-state index contributed by atoms with van der Waals surface area (Å²) in [5.74, 6) is -0.489. The van der Waals surface area contributed by atoms with Crippen molar-refractivity contribution >= 4 is 17.3 Å². The zero-order chi connectivity index (χ0) is 15.5. The van der Waals surface area contributed by atoms with Crippen molar-refractivity contribution in [3.63, 3.8) is 0 Å². The van der Waals surface area contributed by atoms with Gasteiger partial charge >= 0.3 is 6.18 Å². The van der Waals surface area contributed by atoms with E-state index in [0.29, 0.717) is 6.61 Å². The third kappa shape index (κ3) is 4.35. The number of anilines is 2. The molecule has 0 aliphatic carbocycles. The lowest BCUT2D eigenvalue weighted by molar-refractivity contribution is -0.136.